The molecule has 0 radical (unpaired) electrons. The van der Waals surface area contributed by atoms with Crippen molar-refractivity contribution in [2.24, 2.45) is 5.92 Å². The fraction of sp³-hybridized carbons (Fsp3) is 0.462. The van der Waals surface area contributed by atoms with Crippen LogP contribution in [0.3, 0.4) is 0 Å². The standard InChI is InChI=1S/C13H19NO3/c1-9(2)6-12(16)8-14-13(17)10-4-3-5-11(15)7-10/h3-5,7,9,12,15-16H,6,8H2,1-2H3,(H,14,17). The van der Waals surface area contributed by atoms with Crippen LogP contribution in [-0.2, 0) is 0 Å². The van der Waals surface area contributed by atoms with Gasteiger partial charge in [-0.25, -0.2) is 0 Å². The molecular weight excluding hydrogens is 218 g/mol. The van der Waals surface area contributed by atoms with Gasteiger partial charge in [0.25, 0.3) is 5.91 Å². The molecule has 0 aliphatic rings. The van der Waals surface area contributed by atoms with Gasteiger partial charge in [0.1, 0.15) is 5.75 Å². The lowest BCUT2D eigenvalue weighted by molar-refractivity contribution is 0.0900. The summed E-state index contributed by atoms with van der Waals surface area (Å²) in [4.78, 5) is 11.7. The molecule has 1 aromatic rings. The Hall–Kier alpha value is -1.55. The summed E-state index contributed by atoms with van der Waals surface area (Å²) in [7, 11) is 0. The number of hydrogen-bond acceptors (Lipinski definition) is 3. The van der Waals surface area contributed by atoms with E-state index < -0.39 is 6.10 Å². The van der Waals surface area contributed by atoms with Gasteiger partial charge in [-0.15, -0.1) is 0 Å². The van der Waals surface area contributed by atoms with Crippen LogP contribution in [-0.4, -0.2) is 28.8 Å². The normalized spacial score (nSPS) is 12.5. The molecule has 0 bridgehead atoms. The predicted octanol–water partition coefficient (Wildman–Crippen LogP) is 1.53. The molecule has 1 unspecified atom stereocenters. The van der Waals surface area contributed by atoms with E-state index >= 15 is 0 Å². The summed E-state index contributed by atoms with van der Waals surface area (Å²) >= 11 is 0. The smallest absolute Gasteiger partial charge is 0.251 e. The van der Waals surface area contributed by atoms with Crippen LogP contribution in [0.1, 0.15) is 30.6 Å². The number of phenols is 1. The molecule has 1 aromatic carbocycles. The zero-order valence-electron chi connectivity index (χ0n) is 10.2. The van der Waals surface area contributed by atoms with Crippen molar-refractivity contribution in [3.8, 4) is 5.75 Å². The average Bonchev–Trinajstić information content (AvgIpc) is 2.25. The third kappa shape index (κ3) is 4.87. The molecule has 4 nitrogen and oxygen atoms in total. The average molecular weight is 237 g/mol. The van der Waals surface area contributed by atoms with E-state index in [4.69, 9.17) is 0 Å². The quantitative estimate of drug-likeness (QED) is 0.727. The molecule has 0 aromatic heterocycles. The maximum Gasteiger partial charge on any atom is 0.251 e. The van der Waals surface area contributed by atoms with Crippen molar-refractivity contribution in [3.05, 3.63) is 29.8 Å². The Labute approximate surface area is 101 Å². The Morgan fingerprint density at radius 1 is 1.41 bits per heavy atom. The number of amides is 1. The Kier molecular flexibility index (Phi) is 4.97. The first-order valence-corrected chi connectivity index (χ1v) is 5.74. The molecule has 0 spiro atoms. The lowest BCUT2D eigenvalue weighted by Crippen LogP contribution is -2.32. The van der Waals surface area contributed by atoms with Gasteiger partial charge in [0.05, 0.1) is 6.10 Å². The monoisotopic (exact) mass is 237 g/mol. The topological polar surface area (TPSA) is 69.6 Å². The van der Waals surface area contributed by atoms with Gasteiger partial charge in [-0.05, 0) is 30.5 Å². The van der Waals surface area contributed by atoms with Gasteiger partial charge in [-0.2, -0.15) is 0 Å². The van der Waals surface area contributed by atoms with Crippen molar-refractivity contribution in [2.75, 3.05) is 6.54 Å². The number of benzene rings is 1. The number of nitrogens with one attached hydrogen (secondary N) is 1. The van der Waals surface area contributed by atoms with Gasteiger partial charge in [-0.3, -0.25) is 4.79 Å². The van der Waals surface area contributed by atoms with Crippen LogP contribution in [0.2, 0.25) is 0 Å². The number of aromatic hydroxyl groups is 1. The van der Waals surface area contributed by atoms with Gasteiger partial charge in [0, 0.05) is 12.1 Å². The minimum Gasteiger partial charge on any atom is -0.508 e. The van der Waals surface area contributed by atoms with Crippen molar-refractivity contribution in [1.29, 1.82) is 0 Å². The number of rotatable bonds is 5. The van der Waals surface area contributed by atoms with E-state index in [1.165, 1.54) is 12.1 Å². The van der Waals surface area contributed by atoms with Crippen LogP contribution in [0.15, 0.2) is 24.3 Å². The van der Waals surface area contributed by atoms with E-state index in [1.54, 1.807) is 12.1 Å². The fourth-order valence-electron chi connectivity index (χ4n) is 1.59. The Morgan fingerprint density at radius 3 is 2.71 bits per heavy atom. The lowest BCUT2D eigenvalue weighted by Gasteiger charge is -2.13. The summed E-state index contributed by atoms with van der Waals surface area (Å²) in [5, 5.41) is 21.5. The van der Waals surface area contributed by atoms with Crippen molar-refractivity contribution >= 4 is 5.91 Å². The minimum absolute atomic E-state index is 0.0559. The molecule has 0 saturated heterocycles. The lowest BCUT2D eigenvalue weighted by atomic mass is 10.1. The number of aliphatic hydroxyl groups is 1. The first-order valence-electron chi connectivity index (χ1n) is 5.74. The van der Waals surface area contributed by atoms with E-state index in [1.807, 2.05) is 13.8 Å². The molecule has 17 heavy (non-hydrogen) atoms. The highest BCUT2D eigenvalue weighted by Crippen LogP contribution is 2.10. The van der Waals surface area contributed by atoms with E-state index in [0.29, 0.717) is 17.9 Å². The second-order valence-electron chi connectivity index (χ2n) is 4.54. The van der Waals surface area contributed by atoms with Crippen LogP contribution in [0, 0.1) is 5.92 Å². The molecule has 0 aliphatic heterocycles. The highest BCUT2D eigenvalue weighted by Gasteiger charge is 2.10. The van der Waals surface area contributed by atoms with Gasteiger partial charge in [0.15, 0.2) is 0 Å². The molecule has 0 aliphatic carbocycles. The molecule has 1 atom stereocenters. The highest BCUT2D eigenvalue weighted by molar-refractivity contribution is 5.94. The highest BCUT2D eigenvalue weighted by atomic mass is 16.3. The van der Waals surface area contributed by atoms with Crippen molar-refractivity contribution in [2.45, 2.75) is 26.4 Å². The zero-order chi connectivity index (χ0) is 12.8. The van der Waals surface area contributed by atoms with Crippen LogP contribution >= 0.6 is 0 Å². The summed E-state index contributed by atoms with van der Waals surface area (Å²) < 4.78 is 0. The van der Waals surface area contributed by atoms with Crippen molar-refractivity contribution < 1.29 is 15.0 Å². The van der Waals surface area contributed by atoms with Crippen LogP contribution < -0.4 is 5.32 Å². The molecule has 0 heterocycles. The Balaban J connectivity index is 2.45. The summed E-state index contributed by atoms with van der Waals surface area (Å²) in [6, 6.07) is 6.12. The first kappa shape index (κ1) is 13.5. The molecule has 94 valence electrons. The summed E-state index contributed by atoms with van der Waals surface area (Å²) in [6.07, 6.45) is 0.122. The van der Waals surface area contributed by atoms with Gasteiger partial charge in [-0.1, -0.05) is 19.9 Å². The largest absolute Gasteiger partial charge is 0.508 e. The van der Waals surface area contributed by atoms with Crippen LogP contribution in [0.5, 0.6) is 5.75 Å². The third-order valence-corrected chi connectivity index (χ3v) is 2.35. The second-order valence-corrected chi connectivity index (χ2v) is 4.54. The van der Waals surface area contributed by atoms with Gasteiger partial charge >= 0.3 is 0 Å². The first-order chi connectivity index (χ1) is 7.99. The number of carbonyl (C=O) groups is 1. The SMILES string of the molecule is CC(C)CC(O)CNC(=O)c1cccc(O)c1. The van der Waals surface area contributed by atoms with Crippen molar-refractivity contribution in [3.63, 3.8) is 0 Å². The van der Waals surface area contributed by atoms with E-state index in [0.717, 1.165) is 0 Å². The predicted molar refractivity (Wildman–Crippen MR) is 65.9 cm³/mol. The van der Waals surface area contributed by atoms with E-state index in [2.05, 4.69) is 5.32 Å². The summed E-state index contributed by atoms with van der Waals surface area (Å²) in [6.45, 7) is 4.26. The third-order valence-electron chi connectivity index (χ3n) is 2.35. The van der Waals surface area contributed by atoms with Crippen LogP contribution in [0.25, 0.3) is 0 Å². The maximum absolute atomic E-state index is 11.7. The minimum atomic E-state index is -0.531. The molecule has 0 fully saturated rings. The zero-order valence-corrected chi connectivity index (χ0v) is 10.2. The number of hydrogen-bond donors (Lipinski definition) is 3. The van der Waals surface area contributed by atoms with E-state index in [-0.39, 0.29) is 18.2 Å². The molecule has 0 saturated carbocycles. The molecule has 1 rings (SSSR count). The number of phenolic OH excluding ortho intramolecular Hbond substituents is 1. The molecule has 4 heteroatoms. The Bertz CT molecular complexity index is 377. The fourth-order valence-corrected chi connectivity index (χ4v) is 1.59. The molecule has 1 amide bonds. The van der Waals surface area contributed by atoms with Crippen LogP contribution in [0.4, 0.5) is 0 Å². The Morgan fingerprint density at radius 2 is 2.12 bits per heavy atom. The number of aliphatic hydroxyl groups excluding tert-OH is 1. The summed E-state index contributed by atoms with van der Waals surface area (Å²) in [5.74, 6) is 0.159. The summed E-state index contributed by atoms with van der Waals surface area (Å²) in [5.41, 5.74) is 0.391. The van der Waals surface area contributed by atoms with E-state index in [9.17, 15) is 15.0 Å². The molecule has 3 N–H and O–H groups in total. The maximum atomic E-state index is 11.7. The van der Waals surface area contributed by atoms with Gasteiger partial charge in [0.2, 0.25) is 0 Å². The number of carbonyl (C=O) groups excluding carboxylic acids is 1. The second kappa shape index (κ2) is 6.25. The van der Waals surface area contributed by atoms with Crippen molar-refractivity contribution in [1.82, 2.24) is 5.32 Å². The molecular formula is C13H19NO3. The van der Waals surface area contributed by atoms with Gasteiger partial charge < -0.3 is 15.5 Å².